The number of piperidine rings is 1. The van der Waals surface area contributed by atoms with Gasteiger partial charge in [0, 0.05) is 45.1 Å². The summed E-state index contributed by atoms with van der Waals surface area (Å²) in [6, 6.07) is 14.7. The van der Waals surface area contributed by atoms with Gasteiger partial charge >= 0.3 is 0 Å². The van der Waals surface area contributed by atoms with Crippen LogP contribution in [0.2, 0.25) is 0 Å². The molecule has 3 rings (SSSR count). The van der Waals surface area contributed by atoms with Crippen molar-refractivity contribution in [2.24, 2.45) is 4.99 Å². The Labute approximate surface area is 159 Å². The smallest absolute Gasteiger partial charge is 0.193 e. The topological polar surface area (TPSA) is 57.1 Å². The third-order valence-corrected chi connectivity index (χ3v) is 4.73. The lowest BCUT2D eigenvalue weighted by Crippen LogP contribution is -2.47. The van der Waals surface area contributed by atoms with Crippen LogP contribution >= 0.6 is 0 Å². The molecule has 1 heterocycles. The molecule has 0 aromatic heterocycles. The minimum Gasteiger partial charge on any atom is -0.490 e. The lowest BCUT2D eigenvalue weighted by atomic mass is 10.1. The molecule has 1 fully saturated rings. The Morgan fingerprint density at radius 2 is 1.96 bits per heavy atom. The molecule has 1 aliphatic heterocycles. The van der Waals surface area contributed by atoms with Crippen molar-refractivity contribution in [3.05, 3.63) is 65.5 Å². The van der Waals surface area contributed by atoms with Gasteiger partial charge < -0.3 is 20.1 Å². The van der Waals surface area contributed by atoms with E-state index in [4.69, 9.17) is 4.74 Å². The molecule has 5 nitrogen and oxygen atoms in total. The maximum Gasteiger partial charge on any atom is 0.193 e. The second-order valence-electron chi connectivity index (χ2n) is 6.60. The second kappa shape index (κ2) is 9.37. The van der Waals surface area contributed by atoms with Gasteiger partial charge in [-0.05, 0) is 29.8 Å². The highest BCUT2D eigenvalue weighted by atomic mass is 19.1. The van der Waals surface area contributed by atoms with Crippen LogP contribution in [-0.2, 0) is 13.2 Å². The highest BCUT2D eigenvalue weighted by Gasteiger charge is 2.22. The Kier molecular flexibility index (Phi) is 6.65. The van der Waals surface area contributed by atoms with E-state index in [0.29, 0.717) is 12.1 Å². The quantitative estimate of drug-likeness (QED) is 0.627. The molecule has 0 atom stereocenters. The van der Waals surface area contributed by atoms with Gasteiger partial charge in [-0.1, -0.05) is 24.3 Å². The van der Waals surface area contributed by atoms with Crippen LogP contribution in [0.15, 0.2) is 53.5 Å². The Balaban J connectivity index is 1.50. The SMILES string of the molecule is CN=C(NCc1ccc(F)c(CO)c1)N1CCC(Oc2ccccc2)CC1. The number of rotatable bonds is 5. The number of aliphatic hydroxyl groups is 1. The number of hydrogen-bond donors (Lipinski definition) is 2. The fourth-order valence-electron chi connectivity index (χ4n) is 3.25. The van der Waals surface area contributed by atoms with Crippen LogP contribution in [0.25, 0.3) is 0 Å². The molecule has 27 heavy (non-hydrogen) atoms. The first-order chi connectivity index (χ1) is 13.2. The third kappa shape index (κ3) is 5.20. The third-order valence-electron chi connectivity index (χ3n) is 4.73. The first-order valence-electron chi connectivity index (χ1n) is 9.25. The van der Waals surface area contributed by atoms with Gasteiger partial charge in [0.2, 0.25) is 0 Å². The summed E-state index contributed by atoms with van der Waals surface area (Å²) in [7, 11) is 1.76. The molecule has 0 radical (unpaired) electrons. The molecule has 0 unspecified atom stereocenters. The Morgan fingerprint density at radius 1 is 1.22 bits per heavy atom. The van der Waals surface area contributed by atoms with E-state index in [1.54, 1.807) is 19.2 Å². The fourth-order valence-corrected chi connectivity index (χ4v) is 3.25. The monoisotopic (exact) mass is 371 g/mol. The Bertz CT molecular complexity index is 759. The van der Waals surface area contributed by atoms with E-state index in [9.17, 15) is 9.50 Å². The highest BCUT2D eigenvalue weighted by molar-refractivity contribution is 5.80. The van der Waals surface area contributed by atoms with Crippen molar-refractivity contribution in [3.8, 4) is 5.75 Å². The summed E-state index contributed by atoms with van der Waals surface area (Å²) in [6.45, 7) is 1.95. The average molecular weight is 371 g/mol. The van der Waals surface area contributed by atoms with Gasteiger partial charge in [-0.3, -0.25) is 4.99 Å². The second-order valence-corrected chi connectivity index (χ2v) is 6.60. The summed E-state index contributed by atoms with van der Waals surface area (Å²) < 4.78 is 19.5. The molecule has 6 heteroatoms. The molecule has 0 spiro atoms. The van der Waals surface area contributed by atoms with E-state index in [-0.39, 0.29) is 18.5 Å². The molecule has 144 valence electrons. The van der Waals surface area contributed by atoms with E-state index in [1.807, 2.05) is 30.3 Å². The van der Waals surface area contributed by atoms with Gasteiger partial charge in [-0.2, -0.15) is 0 Å². The molecule has 0 aliphatic carbocycles. The van der Waals surface area contributed by atoms with Crippen LogP contribution in [0.3, 0.4) is 0 Å². The molecular formula is C21H26FN3O2. The molecule has 0 amide bonds. The summed E-state index contributed by atoms with van der Waals surface area (Å²) in [5.74, 6) is 1.35. The normalized spacial score (nSPS) is 15.7. The maximum atomic E-state index is 13.5. The van der Waals surface area contributed by atoms with Crippen molar-refractivity contribution in [1.82, 2.24) is 10.2 Å². The standard InChI is InChI=1S/C21H26FN3O2/c1-23-21(24-14-16-7-8-20(22)17(13-16)15-26)25-11-9-19(10-12-25)27-18-5-3-2-4-6-18/h2-8,13,19,26H,9-12,14-15H2,1H3,(H,23,24). The van der Waals surface area contributed by atoms with Crippen LogP contribution in [0, 0.1) is 5.82 Å². The van der Waals surface area contributed by atoms with Gasteiger partial charge in [0.05, 0.1) is 6.61 Å². The number of ether oxygens (including phenoxy) is 1. The molecule has 0 saturated carbocycles. The number of benzene rings is 2. The number of para-hydroxylation sites is 1. The zero-order valence-electron chi connectivity index (χ0n) is 15.6. The Morgan fingerprint density at radius 3 is 2.63 bits per heavy atom. The van der Waals surface area contributed by atoms with Crippen LogP contribution in [0.5, 0.6) is 5.75 Å². The van der Waals surface area contributed by atoms with Crippen molar-refractivity contribution < 1.29 is 14.2 Å². The van der Waals surface area contributed by atoms with Crippen molar-refractivity contribution in [2.75, 3.05) is 20.1 Å². The Hall–Kier alpha value is -2.60. The largest absolute Gasteiger partial charge is 0.490 e. The highest BCUT2D eigenvalue weighted by Crippen LogP contribution is 2.19. The predicted molar refractivity (Wildman–Crippen MR) is 104 cm³/mol. The molecule has 2 N–H and O–H groups in total. The van der Waals surface area contributed by atoms with Gasteiger partial charge in [0.15, 0.2) is 5.96 Å². The average Bonchev–Trinajstić information content (AvgIpc) is 2.71. The fraction of sp³-hybridized carbons (Fsp3) is 0.381. The predicted octanol–water partition coefficient (Wildman–Crippen LogP) is 2.94. The van der Waals surface area contributed by atoms with Crippen molar-refractivity contribution >= 4 is 5.96 Å². The lowest BCUT2D eigenvalue weighted by molar-refractivity contribution is 0.129. The van der Waals surface area contributed by atoms with Gasteiger partial charge in [-0.15, -0.1) is 0 Å². The minimum atomic E-state index is -0.383. The lowest BCUT2D eigenvalue weighted by Gasteiger charge is -2.34. The van der Waals surface area contributed by atoms with Crippen molar-refractivity contribution in [3.63, 3.8) is 0 Å². The van der Waals surface area contributed by atoms with E-state index in [1.165, 1.54) is 6.07 Å². The molecule has 2 aromatic carbocycles. The molecular weight excluding hydrogens is 345 g/mol. The first-order valence-corrected chi connectivity index (χ1v) is 9.25. The van der Waals surface area contributed by atoms with Crippen molar-refractivity contribution in [2.45, 2.75) is 32.1 Å². The summed E-state index contributed by atoms with van der Waals surface area (Å²) >= 11 is 0. The number of likely N-dealkylation sites (tertiary alicyclic amines) is 1. The van der Waals surface area contributed by atoms with Crippen molar-refractivity contribution in [1.29, 1.82) is 0 Å². The summed E-state index contributed by atoms with van der Waals surface area (Å²) in [6.07, 6.45) is 2.08. The number of aliphatic hydroxyl groups excluding tert-OH is 1. The van der Waals surface area contributed by atoms with Crippen LogP contribution in [-0.4, -0.2) is 42.2 Å². The zero-order valence-corrected chi connectivity index (χ0v) is 15.6. The van der Waals surface area contributed by atoms with Gasteiger partial charge in [-0.25, -0.2) is 4.39 Å². The maximum absolute atomic E-state index is 13.5. The number of hydrogen-bond acceptors (Lipinski definition) is 3. The molecule has 1 saturated heterocycles. The molecule has 0 bridgehead atoms. The summed E-state index contributed by atoms with van der Waals surface area (Å²) in [5, 5.41) is 12.5. The van der Waals surface area contributed by atoms with E-state index < -0.39 is 0 Å². The summed E-state index contributed by atoms with van der Waals surface area (Å²) in [4.78, 5) is 6.57. The van der Waals surface area contributed by atoms with Crippen LogP contribution < -0.4 is 10.1 Å². The first kappa shape index (κ1) is 19.2. The molecule has 1 aliphatic rings. The van der Waals surface area contributed by atoms with E-state index in [0.717, 1.165) is 43.2 Å². The van der Waals surface area contributed by atoms with Crippen LogP contribution in [0.4, 0.5) is 4.39 Å². The number of halogens is 1. The summed E-state index contributed by atoms with van der Waals surface area (Å²) in [5.41, 5.74) is 1.21. The zero-order chi connectivity index (χ0) is 19.1. The van der Waals surface area contributed by atoms with Gasteiger partial charge in [0.1, 0.15) is 17.7 Å². The molecule has 2 aromatic rings. The van der Waals surface area contributed by atoms with Gasteiger partial charge in [0.25, 0.3) is 0 Å². The minimum absolute atomic E-state index is 0.214. The van der Waals surface area contributed by atoms with Crippen LogP contribution in [0.1, 0.15) is 24.0 Å². The van der Waals surface area contributed by atoms with E-state index >= 15 is 0 Å². The number of aliphatic imine (C=N–C) groups is 1. The number of nitrogens with one attached hydrogen (secondary N) is 1. The van der Waals surface area contributed by atoms with E-state index in [2.05, 4.69) is 15.2 Å². The number of nitrogens with zero attached hydrogens (tertiary/aromatic N) is 2. The number of guanidine groups is 1.